The van der Waals surface area contributed by atoms with Crippen LogP contribution in [0, 0.1) is 0 Å². The van der Waals surface area contributed by atoms with Crippen molar-refractivity contribution in [2.45, 2.75) is 37.9 Å². The van der Waals surface area contributed by atoms with E-state index in [0.717, 1.165) is 11.1 Å². The number of methoxy groups -OCH3 is 1. The molecule has 0 aromatic heterocycles. The highest BCUT2D eigenvalue weighted by Crippen LogP contribution is 2.15. The van der Waals surface area contributed by atoms with E-state index in [2.05, 4.69) is 26.6 Å². The van der Waals surface area contributed by atoms with Gasteiger partial charge in [-0.25, -0.2) is 0 Å². The zero-order valence-corrected chi connectivity index (χ0v) is 25.0. The summed E-state index contributed by atoms with van der Waals surface area (Å²) in [6.45, 7) is 0.644. The third kappa shape index (κ3) is 11.6. The SMILES string of the molecule is COc1ccc(NC(=O)CNC(=O)[C@H](Cc2ccccc2)NC(=O)CNC(=O)[C@@H](C)NC(=O)[C@@H](N)Cc2ccc(O)cc2)cc1. The number of amides is 5. The summed E-state index contributed by atoms with van der Waals surface area (Å²) in [5, 5.41) is 22.1. The molecule has 0 saturated carbocycles. The molecule has 0 saturated heterocycles. The molecule has 0 aliphatic carbocycles. The largest absolute Gasteiger partial charge is 0.508 e. The van der Waals surface area contributed by atoms with Crippen molar-refractivity contribution in [3.8, 4) is 11.5 Å². The molecule has 0 bridgehead atoms. The number of nitrogens with two attached hydrogens (primary N) is 1. The molecule has 0 radical (unpaired) electrons. The van der Waals surface area contributed by atoms with E-state index < -0.39 is 54.2 Å². The second-order valence-electron chi connectivity index (χ2n) is 10.2. The molecular formula is C32H38N6O7. The first-order chi connectivity index (χ1) is 21.5. The Bertz CT molecular complexity index is 1450. The van der Waals surface area contributed by atoms with Crippen LogP contribution in [-0.4, -0.2) is 73.0 Å². The fourth-order valence-electron chi connectivity index (χ4n) is 4.16. The number of benzene rings is 3. The van der Waals surface area contributed by atoms with Gasteiger partial charge in [0.15, 0.2) is 0 Å². The zero-order chi connectivity index (χ0) is 32.8. The first-order valence-electron chi connectivity index (χ1n) is 14.2. The molecule has 13 nitrogen and oxygen atoms in total. The van der Waals surface area contributed by atoms with Gasteiger partial charge < -0.3 is 42.2 Å². The highest BCUT2D eigenvalue weighted by molar-refractivity contribution is 5.97. The fourth-order valence-corrected chi connectivity index (χ4v) is 4.16. The standard InChI is InChI=1S/C32H38N6O7/c1-20(36-31(43)26(33)16-22-8-12-24(39)13-9-22)30(42)34-19-29(41)38-27(17-21-6-4-3-5-7-21)32(44)35-18-28(40)37-23-10-14-25(45-2)15-11-23/h3-15,20,26-27,39H,16-19,33H2,1-2H3,(H,34,42)(H,35,44)(H,36,43)(H,37,40)(H,38,41)/t20-,26+,27+/m1/s1. The Morgan fingerprint density at radius 1 is 0.733 bits per heavy atom. The number of aromatic hydroxyl groups is 1. The maximum absolute atomic E-state index is 13.0. The van der Waals surface area contributed by atoms with Crippen LogP contribution < -0.4 is 37.1 Å². The van der Waals surface area contributed by atoms with Crippen molar-refractivity contribution in [1.82, 2.24) is 21.3 Å². The number of phenolic OH excluding ortho intramolecular Hbond substituents is 1. The molecule has 238 valence electrons. The Balaban J connectivity index is 1.49. The van der Waals surface area contributed by atoms with E-state index in [4.69, 9.17) is 10.5 Å². The zero-order valence-electron chi connectivity index (χ0n) is 25.0. The van der Waals surface area contributed by atoms with Gasteiger partial charge in [-0.2, -0.15) is 0 Å². The minimum Gasteiger partial charge on any atom is -0.508 e. The van der Waals surface area contributed by atoms with Gasteiger partial charge in [0, 0.05) is 12.1 Å². The molecule has 3 aromatic carbocycles. The van der Waals surface area contributed by atoms with E-state index in [1.165, 1.54) is 26.2 Å². The third-order valence-electron chi connectivity index (χ3n) is 6.64. The van der Waals surface area contributed by atoms with Gasteiger partial charge in [-0.1, -0.05) is 42.5 Å². The number of hydrogen-bond acceptors (Lipinski definition) is 8. The van der Waals surface area contributed by atoms with Crippen LogP contribution in [0.1, 0.15) is 18.1 Å². The summed E-state index contributed by atoms with van der Waals surface area (Å²) >= 11 is 0. The van der Waals surface area contributed by atoms with Crippen molar-refractivity contribution in [3.05, 3.63) is 90.0 Å². The molecule has 0 heterocycles. The lowest BCUT2D eigenvalue weighted by Gasteiger charge is -2.20. The van der Waals surface area contributed by atoms with E-state index in [9.17, 15) is 29.1 Å². The van der Waals surface area contributed by atoms with Crippen molar-refractivity contribution in [3.63, 3.8) is 0 Å². The Labute approximate surface area is 260 Å². The summed E-state index contributed by atoms with van der Waals surface area (Å²) in [5.41, 5.74) is 7.98. The van der Waals surface area contributed by atoms with Crippen LogP contribution >= 0.6 is 0 Å². The average Bonchev–Trinajstić information content (AvgIpc) is 3.04. The summed E-state index contributed by atoms with van der Waals surface area (Å²) in [4.78, 5) is 63.2. The number of anilines is 1. The van der Waals surface area contributed by atoms with Gasteiger partial charge in [-0.05, 0) is 60.9 Å². The maximum Gasteiger partial charge on any atom is 0.243 e. The van der Waals surface area contributed by atoms with Gasteiger partial charge in [0.2, 0.25) is 29.5 Å². The van der Waals surface area contributed by atoms with Crippen LogP contribution in [0.4, 0.5) is 5.69 Å². The molecule has 3 aromatic rings. The second-order valence-corrected chi connectivity index (χ2v) is 10.2. The molecule has 45 heavy (non-hydrogen) atoms. The molecule has 3 atom stereocenters. The van der Waals surface area contributed by atoms with Crippen molar-refractivity contribution in [1.29, 1.82) is 0 Å². The molecule has 0 unspecified atom stereocenters. The van der Waals surface area contributed by atoms with Crippen LogP contribution in [0.3, 0.4) is 0 Å². The van der Waals surface area contributed by atoms with Gasteiger partial charge in [-0.3, -0.25) is 24.0 Å². The molecule has 8 N–H and O–H groups in total. The lowest BCUT2D eigenvalue weighted by Crippen LogP contribution is -2.54. The first-order valence-corrected chi connectivity index (χ1v) is 14.2. The summed E-state index contributed by atoms with van der Waals surface area (Å²) in [5.74, 6) is -2.19. The number of carbonyl (C=O) groups is 5. The highest BCUT2D eigenvalue weighted by atomic mass is 16.5. The molecule has 3 rings (SSSR count). The summed E-state index contributed by atoms with van der Waals surface area (Å²) < 4.78 is 5.09. The number of hydrogen-bond donors (Lipinski definition) is 7. The minimum absolute atomic E-state index is 0.0891. The number of phenols is 1. The van der Waals surface area contributed by atoms with Gasteiger partial charge >= 0.3 is 0 Å². The van der Waals surface area contributed by atoms with E-state index in [1.54, 1.807) is 60.7 Å². The van der Waals surface area contributed by atoms with Crippen molar-refractivity contribution in [2.75, 3.05) is 25.5 Å². The van der Waals surface area contributed by atoms with Gasteiger partial charge in [-0.15, -0.1) is 0 Å². The summed E-state index contributed by atoms with van der Waals surface area (Å²) in [6.07, 6.45) is 0.328. The third-order valence-corrected chi connectivity index (χ3v) is 6.64. The maximum atomic E-state index is 13.0. The monoisotopic (exact) mass is 618 g/mol. The van der Waals surface area contributed by atoms with E-state index in [-0.39, 0.29) is 25.1 Å². The number of ether oxygens (including phenoxy) is 1. The quantitative estimate of drug-likeness (QED) is 0.127. The molecule has 0 aliphatic rings. The molecule has 0 fully saturated rings. The Kier molecular flexibility index (Phi) is 12.9. The molecule has 0 spiro atoms. The fraction of sp³-hybridized carbons (Fsp3) is 0.281. The van der Waals surface area contributed by atoms with Crippen LogP contribution in [-0.2, 0) is 36.8 Å². The van der Waals surface area contributed by atoms with Crippen LogP contribution in [0.25, 0.3) is 0 Å². The van der Waals surface area contributed by atoms with E-state index >= 15 is 0 Å². The summed E-state index contributed by atoms with van der Waals surface area (Å²) in [7, 11) is 1.53. The topological polar surface area (TPSA) is 201 Å². The Morgan fingerprint density at radius 3 is 1.98 bits per heavy atom. The van der Waals surface area contributed by atoms with E-state index in [1.807, 2.05) is 6.07 Å². The van der Waals surface area contributed by atoms with Crippen molar-refractivity contribution in [2.24, 2.45) is 5.73 Å². The van der Waals surface area contributed by atoms with E-state index in [0.29, 0.717) is 11.4 Å². The summed E-state index contributed by atoms with van der Waals surface area (Å²) in [6, 6.07) is 18.9. The van der Waals surface area contributed by atoms with Crippen LogP contribution in [0.5, 0.6) is 11.5 Å². The normalized spacial score (nSPS) is 12.5. The molecule has 5 amide bonds. The second kappa shape index (κ2) is 17.0. The highest BCUT2D eigenvalue weighted by Gasteiger charge is 2.24. The first kappa shape index (κ1) is 34.1. The Morgan fingerprint density at radius 2 is 1.33 bits per heavy atom. The molecule has 0 aliphatic heterocycles. The van der Waals surface area contributed by atoms with Crippen LogP contribution in [0.15, 0.2) is 78.9 Å². The molecular weight excluding hydrogens is 580 g/mol. The lowest BCUT2D eigenvalue weighted by atomic mass is 10.1. The number of nitrogens with one attached hydrogen (secondary N) is 5. The van der Waals surface area contributed by atoms with Gasteiger partial charge in [0.1, 0.15) is 23.6 Å². The van der Waals surface area contributed by atoms with Gasteiger partial charge in [0.25, 0.3) is 0 Å². The van der Waals surface area contributed by atoms with Crippen LogP contribution in [0.2, 0.25) is 0 Å². The number of rotatable bonds is 15. The minimum atomic E-state index is -1.04. The smallest absolute Gasteiger partial charge is 0.243 e. The lowest BCUT2D eigenvalue weighted by molar-refractivity contribution is -0.131. The van der Waals surface area contributed by atoms with Crippen molar-refractivity contribution < 1.29 is 33.8 Å². The number of carbonyl (C=O) groups excluding carboxylic acids is 5. The molecule has 13 heteroatoms. The Hall–Kier alpha value is -5.43. The predicted molar refractivity (Wildman–Crippen MR) is 167 cm³/mol. The van der Waals surface area contributed by atoms with Gasteiger partial charge in [0.05, 0.1) is 26.2 Å². The van der Waals surface area contributed by atoms with Crippen molar-refractivity contribution >= 4 is 35.2 Å². The predicted octanol–water partition coefficient (Wildman–Crippen LogP) is 0.374. The average molecular weight is 619 g/mol.